The molecule has 1 aliphatic heterocycles. The van der Waals surface area contributed by atoms with Gasteiger partial charge in [0.15, 0.2) is 5.78 Å². The molecule has 5 aromatic rings. The second-order valence-electron chi connectivity index (χ2n) is 19.0. The van der Waals surface area contributed by atoms with Crippen molar-refractivity contribution >= 4 is 34.0 Å². The van der Waals surface area contributed by atoms with E-state index in [1.54, 1.807) is 53.7 Å². The zero-order chi connectivity index (χ0) is 52.0. The average molecular weight is 1000 g/mol. The molecule has 16 heteroatoms. The van der Waals surface area contributed by atoms with Crippen LogP contribution in [0.15, 0.2) is 77.2 Å². The van der Waals surface area contributed by atoms with Crippen LogP contribution in [0, 0.1) is 0 Å². The van der Waals surface area contributed by atoms with E-state index in [0.29, 0.717) is 36.6 Å². The summed E-state index contributed by atoms with van der Waals surface area (Å²) in [7, 11) is 8.10. The normalized spacial score (nSPS) is 17.5. The molecule has 1 saturated heterocycles. The number of fused-ring (bicyclic) bond motifs is 4. The molecule has 2 atom stereocenters. The number of methoxy groups -OCH3 is 3. The predicted octanol–water partition coefficient (Wildman–Crippen LogP) is 6.70. The quantitative estimate of drug-likeness (QED) is 0.0652. The minimum atomic E-state index is -0.817. The third kappa shape index (κ3) is 12.9. The lowest BCUT2D eigenvalue weighted by Gasteiger charge is -2.33. The maximum Gasteiger partial charge on any atom is 0.248 e. The molecule has 392 valence electrons. The highest BCUT2D eigenvalue weighted by atomic mass is 16.6. The van der Waals surface area contributed by atoms with E-state index in [2.05, 4.69) is 44.2 Å². The number of benzene rings is 4. The second-order valence-corrected chi connectivity index (χ2v) is 19.0. The van der Waals surface area contributed by atoms with Gasteiger partial charge in [-0.15, -0.1) is 0 Å². The van der Waals surface area contributed by atoms with Crippen LogP contribution in [0.1, 0.15) is 123 Å². The number of aliphatic hydroxyl groups excluding tert-OH is 4. The van der Waals surface area contributed by atoms with Gasteiger partial charge in [-0.25, -0.2) is 0 Å². The molecule has 1 amide bonds. The number of ketones is 1. The molecule has 1 fully saturated rings. The van der Waals surface area contributed by atoms with Gasteiger partial charge in [-0.1, -0.05) is 16.4 Å². The van der Waals surface area contributed by atoms with E-state index in [1.807, 2.05) is 24.3 Å². The summed E-state index contributed by atoms with van der Waals surface area (Å²) in [4.78, 5) is 36.1. The van der Waals surface area contributed by atoms with E-state index in [9.17, 15) is 19.8 Å². The lowest BCUT2D eigenvalue weighted by Crippen LogP contribution is -2.36. The summed E-state index contributed by atoms with van der Waals surface area (Å²) in [5.41, 5.74) is 18.7. The maximum atomic E-state index is 11.8. The monoisotopic (exact) mass is 1000 g/mol. The molecule has 2 heterocycles. The Kier molecular flexibility index (Phi) is 19.5. The molecule has 16 nitrogen and oxygen atoms in total. The van der Waals surface area contributed by atoms with Crippen molar-refractivity contribution in [2.75, 3.05) is 68.4 Å². The summed E-state index contributed by atoms with van der Waals surface area (Å²) < 4.78 is 18.8. The summed E-state index contributed by atoms with van der Waals surface area (Å²) in [6.45, 7) is 2.56. The Morgan fingerprint density at radius 2 is 1.15 bits per heavy atom. The molecule has 3 aliphatic carbocycles. The number of carbonyl (C=O) groups excluding carboxylic acids is 2. The smallest absolute Gasteiger partial charge is 0.248 e. The summed E-state index contributed by atoms with van der Waals surface area (Å²) in [5.74, 6) is 2.17. The van der Waals surface area contributed by atoms with Crippen LogP contribution in [-0.2, 0) is 48.2 Å². The molecule has 6 N–H and O–H groups in total. The Bertz CT molecular complexity index is 2760. The highest BCUT2D eigenvalue weighted by Crippen LogP contribution is 2.36. The van der Waals surface area contributed by atoms with Crippen molar-refractivity contribution in [3.05, 3.63) is 122 Å². The third-order valence-corrected chi connectivity index (χ3v) is 14.6. The van der Waals surface area contributed by atoms with Crippen molar-refractivity contribution in [2.45, 2.75) is 108 Å². The van der Waals surface area contributed by atoms with E-state index >= 15 is 0 Å². The van der Waals surface area contributed by atoms with Crippen molar-refractivity contribution in [1.29, 1.82) is 0 Å². The molecule has 4 aliphatic rings. The molecular formula is C57H73N5O11. The highest BCUT2D eigenvalue weighted by molar-refractivity contribution is 6.04. The third-order valence-electron chi connectivity index (χ3n) is 14.6. The lowest BCUT2D eigenvalue weighted by molar-refractivity contribution is 0.0938. The van der Waals surface area contributed by atoms with Crippen LogP contribution in [0.2, 0.25) is 0 Å². The first kappa shape index (κ1) is 54.5. The van der Waals surface area contributed by atoms with Crippen LogP contribution in [0.25, 0.3) is 10.9 Å². The van der Waals surface area contributed by atoms with Crippen molar-refractivity contribution in [3.63, 3.8) is 0 Å². The number of hydrogen-bond acceptors (Lipinski definition) is 14. The van der Waals surface area contributed by atoms with Crippen LogP contribution in [0.5, 0.6) is 17.2 Å². The SMILES string of the molecule is CO/N=C1/CCCc2c1ccc(OC)c2CC(O)CO.CO/N=C1/CCCc2c1ccc(OC)c2CCN1CCC(n2ccc3ccc(C(N)=O)cc32)CC1.COc1ccc2c(c1CC(O)CO)CCCC2=O. The number of carbonyl (C=O) groups is 2. The van der Waals surface area contributed by atoms with E-state index in [4.69, 9.17) is 39.8 Å². The van der Waals surface area contributed by atoms with Crippen LogP contribution >= 0.6 is 0 Å². The number of Topliss-reactive ketones (excluding diaryl/α,β-unsaturated/α-hetero) is 1. The molecule has 9 rings (SSSR count). The number of amides is 1. The number of nitrogens with zero attached hydrogens (tertiary/aromatic N) is 4. The number of primary amides is 1. The first-order chi connectivity index (χ1) is 35.5. The van der Waals surface area contributed by atoms with E-state index in [-0.39, 0.29) is 24.9 Å². The Hall–Kier alpha value is -6.30. The number of ether oxygens (including phenoxy) is 3. The van der Waals surface area contributed by atoms with Crippen LogP contribution in [-0.4, -0.2) is 134 Å². The van der Waals surface area contributed by atoms with Gasteiger partial charge in [0.05, 0.1) is 58.2 Å². The van der Waals surface area contributed by atoms with Crippen molar-refractivity contribution < 1.29 is 53.9 Å². The van der Waals surface area contributed by atoms with Gasteiger partial charge < -0.3 is 59.5 Å². The summed E-state index contributed by atoms with van der Waals surface area (Å²) in [5, 5.41) is 46.9. The minimum Gasteiger partial charge on any atom is -0.496 e. The number of oxime groups is 2. The summed E-state index contributed by atoms with van der Waals surface area (Å²) in [6.07, 6.45) is 12.5. The Balaban J connectivity index is 0.000000175. The Morgan fingerprint density at radius 3 is 1.66 bits per heavy atom. The van der Waals surface area contributed by atoms with Crippen molar-refractivity contribution in [3.8, 4) is 17.2 Å². The molecule has 2 unspecified atom stereocenters. The van der Waals surface area contributed by atoms with Crippen LogP contribution < -0.4 is 19.9 Å². The fourth-order valence-corrected chi connectivity index (χ4v) is 11.0. The van der Waals surface area contributed by atoms with E-state index in [1.165, 1.54) is 16.7 Å². The maximum absolute atomic E-state index is 11.8. The lowest BCUT2D eigenvalue weighted by atomic mass is 9.85. The molecule has 0 spiro atoms. The largest absolute Gasteiger partial charge is 0.496 e. The minimum absolute atomic E-state index is 0.152. The first-order valence-corrected chi connectivity index (χ1v) is 25.5. The zero-order valence-electron chi connectivity index (χ0n) is 43.0. The van der Waals surface area contributed by atoms with Gasteiger partial charge in [0.1, 0.15) is 31.5 Å². The van der Waals surface area contributed by atoms with Gasteiger partial charge in [0.25, 0.3) is 0 Å². The topological polar surface area (TPSA) is 220 Å². The number of aliphatic hydroxyl groups is 4. The second kappa shape index (κ2) is 26.1. The number of rotatable bonds is 16. The van der Waals surface area contributed by atoms with Gasteiger partial charge in [-0.2, -0.15) is 0 Å². The summed E-state index contributed by atoms with van der Waals surface area (Å²) in [6, 6.07) is 19.9. The standard InChI is InChI=1S/C28H34N4O3.C15H21NO4.C14H18O4/c1-34-27-9-8-23-22(4-3-5-25(23)30-35-2)24(27)13-16-31-14-11-21(12-15-31)32-17-10-19-6-7-20(28(29)33)18-26(19)32;1-19-15-7-6-12-11(13(15)8-10(18)9-17)4-3-5-14(12)16-20-2;1-18-14-6-5-11-10(3-2-4-13(11)17)12(14)7-9(16)8-15/h6-10,17-18,21H,3-5,11-16H2,1-2H3,(H2,29,33);6-7,10,17-18H,3-5,8-9H2,1-2H3;5-6,9,15-16H,2-4,7-8H2,1H3/b30-25-;16-14-;. The number of piperidine rings is 1. The van der Waals surface area contributed by atoms with Crippen LogP contribution in [0.4, 0.5) is 0 Å². The molecule has 0 saturated carbocycles. The highest BCUT2D eigenvalue weighted by Gasteiger charge is 2.27. The number of hydrogen-bond donors (Lipinski definition) is 5. The molecule has 73 heavy (non-hydrogen) atoms. The van der Waals surface area contributed by atoms with Crippen LogP contribution in [0.3, 0.4) is 0 Å². The average Bonchev–Trinajstić information content (AvgIpc) is 3.85. The van der Waals surface area contributed by atoms with Gasteiger partial charge in [0.2, 0.25) is 5.91 Å². The van der Waals surface area contributed by atoms with Crippen molar-refractivity contribution in [1.82, 2.24) is 9.47 Å². The van der Waals surface area contributed by atoms with Gasteiger partial charge in [-0.05, 0) is 153 Å². The number of likely N-dealkylation sites (tertiary alicyclic amines) is 1. The summed E-state index contributed by atoms with van der Waals surface area (Å²) >= 11 is 0. The van der Waals surface area contributed by atoms with E-state index < -0.39 is 12.2 Å². The van der Waals surface area contributed by atoms with Gasteiger partial charge >= 0.3 is 0 Å². The van der Waals surface area contributed by atoms with Crippen molar-refractivity contribution in [2.24, 2.45) is 16.0 Å². The molecule has 0 bridgehead atoms. The van der Waals surface area contributed by atoms with E-state index in [0.717, 1.165) is 157 Å². The van der Waals surface area contributed by atoms with Gasteiger partial charge in [0, 0.05) is 90.0 Å². The number of aromatic nitrogens is 1. The fraction of sp³-hybridized carbons (Fsp3) is 0.474. The molecule has 1 aromatic heterocycles. The zero-order valence-corrected chi connectivity index (χ0v) is 43.0. The number of nitrogens with two attached hydrogens (primary N) is 1. The molecular weight excluding hydrogens is 931 g/mol. The molecule has 4 aromatic carbocycles. The Labute approximate surface area is 428 Å². The van der Waals surface area contributed by atoms with Gasteiger partial charge in [-0.3, -0.25) is 9.59 Å². The Morgan fingerprint density at radius 1 is 0.658 bits per heavy atom. The predicted molar refractivity (Wildman–Crippen MR) is 282 cm³/mol. The fourth-order valence-electron chi connectivity index (χ4n) is 11.0. The first-order valence-electron chi connectivity index (χ1n) is 25.5. The molecule has 0 radical (unpaired) electrons.